The molecular weight excluding hydrogens is 302 g/mol. The summed E-state index contributed by atoms with van der Waals surface area (Å²) in [6.45, 7) is 7.03. The van der Waals surface area contributed by atoms with Crippen molar-refractivity contribution in [3.63, 3.8) is 0 Å². The van der Waals surface area contributed by atoms with Crippen molar-refractivity contribution in [2.24, 2.45) is 0 Å². The standard InChI is InChI=1S/C15H24BrN3/c1-18(12-13-19-9-4-5-10-19)11-8-17-15-7-3-2-6-14(15)16/h2-3,6-7,17H,4-5,8-13H2,1H3. The van der Waals surface area contributed by atoms with Crippen LogP contribution in [0.4, 0.5) is 5.69 Å². The molecule has 0 aliphatic carbocycles. The quantitative estimate of drug-likeness (QED) is 0.831. The van der Waals surface area contributed by atoms with Crippen LogP contribution in [0.5, 0.6) is 0 Å². The lowest BCUT2D eigenvalue weighted by Crippen LogP contribution is -2.33. The van der Waals surface area contributed by atoms with Crippen molar-refractivity contribution < 1.29 is 0 Å². The topological polar surface area (TPSA) is 18.5 Å². The van der Waals surface area contributed by atoms with E-state index in [9.17, 15) is 0 Å². The summed E-state index contributed by atoms with van der Waals surface area (Å²) >= 11 is 3.56. The zero-order valence-corrected chi connectivity index (χ0v) is 13.3. The maximum Gasteiger partial charge on any atom is 0.0485 e. The van der Waals surface area contributed by atoms with Crippen LogP contribution in [0, 0.1) is 0 Å². The number of rotatable bonds is 7. The minimum Gasteiger partial charge on any atom is -0.383 e. The van der Waals surface area contributed by atoms with Crippen LogP contribution in [0.15, 0.2) is 28.7 Å². The number of anilines is 1. The summed E-state index contributed by atoms with van der Waals surface area (Å²) in [4.78, 5) is 4.97. The van der Waals surface area contributed by atoms with Crippen molar-refractivity contribution >= 4 is 21.6 Å². The summed E-state index contributed by atoms with van der Waals surface area (Å²) in [5.41, 5.74) is 1.18. The molecule has 0 aromatic heterocycles. The lowest BCUT2D eigenvalue weighted by Gasteiger charge is -2.21. The number of hydrogen-bond donors (Lipinski definition) is 1. The fourth-order valence-corrected chi connectivity index (χ4v) is 2.84. The monoisotopic (exact) mass is 325 g/mol. The van der Waals surface area contributed by atoms with Gasteiger partial charge in [0, 0.05) is 36.3 Å². The molecular formula is C15H24BrN3. The Hall–Kier alpha value is -0.580. The van der Waals surface area contributed by atoms with Gasteiger partial charge in [0.15, 0.2) is 0 Å². The van der Waals surface area contributed by atoms with E-state index >= 15 is 0 Å². The van der Waals surface area contributed by atoms with Gasteiger partial charge < -0.3 is 15.1 Å². The second-order valence-corrected chi connectivity index (χ2v) is 6.11. The van der Waals surface area contributed by atoms with Crippen LogP contribution >= 0.6 is 15.9 Å². The summed E-state index contributed by atoms with van der Waals surface area (Å²) in [5.74, 6) is 0. The number of likely N-dealkylation sites (tertiary alicyclic amines) is 1. The molecule has 0 unspecified atom stereocenters. The molecule has 106 valence electrons. The second-order valence-electron chi connectivity index (χ2n) is 5.26. The van der Waals surface area contributed by atoms with E-state index in [0.717, 1.165) is 24.1 Å². The first-order chi connectivity index (χ1) is 9.25. The summed E-state index contributed by atoms with van der Waals surface area (Å²) in [7, 11) is 2.21. The predicted octanol–water partition coefficient (Wildman–Crippen LogP) is 2.89. The first kappa shape index (κ1) is 14.8. The van der Waals surface area contributed by atoms with Gasteiger partial charge in [-0.2, -0.15) is 0 Å². The van der Waals surface area contributed by atoms with Crippen LogP contribution < -0.4 is 5.32 Å². The largest absolute Gasteiger partial charge is 0.383 e. The lowest BCUT2D eigenvalue weighted by molar-refractivity contribution is 0.262. The van der Waals surface area contributed by atoms with E-state index in [0.29, 0.717) is 0 Å². The zero-order chi connectivity index (χ0) is 13.5. The van der Waals surface area contributed by atoms with Gasteiger partial charge in [-0.1, -0.05) is 12.1 Å². The lowest BCUT2D eigenvalue weighted by atomic mass is 10.3. The number of halogens is 1. The molecule has 0 spiro atoms. The van der Waals surface area contributed by atoms with Crippen LogP contribution in [-0.2, 0) is 0 Å². The molecule has 3 nitrogen and oxygen atoms in total. The van der Waals surface area contributed by atoms with E-state index in [1.165, 1.54) is 38.2 Å². The molecule has 1 heterocycles. The van der Waals surface area contributed by atoms with E-state index in [4.69, 9.17) is 0 Å². The summed E-state index contributed by atoms with van der Waals surface area (Å²) in [6.07, 6.45) is 2.76. The smallest absolute Gasteiger partial charge is 0.0485 e. The molecule has 19 heavy (non-hydrogen) atoms. The summed E-state index contributed by atoms with van der Waals surface area (Å²) < 4.78 is 1.13. The number of nitrogens with zero attached hydrogens (tertiary/aromatic N) is 2. The molecule has 1 fully saturated rings. The predicted molar refractivity (Wildman–Crippen MR) is 85.8 cm³/mol. The Morgan fingerprint density at radius 1 is 1.21 bits per heavy atom. The molecule has 4 heteroatoms. The third-order valence-corrected chi connectivity index (χ3v) is 4.37. The molecule has 0 amide bonds. The molecule has 1 aromatic carbocycles. The van der Waals surface area contributed by atoms with Crippen LogP contribution in [0.2, 0.25) is 0 Å². The molecule has 1 aliphatic rings. The molecule has 0 radical (unpaired) electrons. The highest BCUT2D eigenvalue weighted by molar-refractivity contribution is 9.10. The molecule has 1 aliphatic heterocycles. The van der Waals surface area contributed by atoms with E-state index in [1.807, 2.05) is 6.07 Å². The fourth-order valence-electron chi connectivity index (χ4n) is 2.42. The summed E-state index contributed by atoms with van der Waals surface area (Å²) in [5, 5.41) is 3.47. The molecule has 2 rings (SSSR count). The molecule has 1 saturated heterocycles. The molecule has 0 atom stereocenters. The van der Waals surface area contributed by atoms with Gasteiger partial charge in [0.1, 0.15) is 0 Å². The first-order valence-electron chi connectivity index (χ1n) is 7.15. The van der Waals surface area contributed by atoms with Crippen LogP contribution in [0.25, 0.3) is 0 Å². The second kappa shape index (κ2) is 7.88. The maximum atomic E-state index is 3.56. The van der Waals surface area contributed by atoms with Crippen molar-refractivity contribution in [1.82, 2.24) is 9.80 Å². The average molecular weight is 326 g/mol. The zero-order valence-electron chi connectivity index (χ0n) is 11.7. The van der Waals surface area contributed by atoms with E-state index < -0.39 is 0 Å². The van der Waals surface area contributed by atoms with E-state index in [1.54, 1.807) is 0 Å². The van der Waals surface area contributed by atoms with Gasteiger partial charge in [0.05, 0.1) is 0 Å². The van der Waals surface area contributed by atoms with E-state index in [-0.39, 0.29) is 0 Å². The Bertz CT molecular complexity index is 377. The summed E-state index contributed by atoms with van der Waals surface area (Å²) in [6, 6.07) is 8.27. The van der Waals surface area contributed by atoms with E-state index in [2.05, 4.69) is 56.3 Å². The van der Waals surface area contributed by atoms with Crippen LogP contribution in [0.3, 0.4) is 0 Å². The highest BCUT2D eigenvalue weighted by atomic mass is 79.9. The van der Waals surface area contributed by atoms with Crippen LogP contribution in [0.1, 0.15) is 12.8 Å². The number of likely N-dealkylation sites (N-methyl/N-ethyl adjacent to an activating group) is 1. The molecule has 0 bridgehead atoms. The fraction of sp³-hybridized carbons (Fsp3) is 0.600. The van der Waals surface area contributed by atoms with Gasteiger partial charge in [-0.15, -0.1) is 0 Å². The third-order valence-electron chi connectivity index (χ3n) is 3.68. The Kier molecular flexibility index (Phi) is 6.14. The number of para-hydroxylation sites is 1. The van der Waals surface area contributed by atoms with Gasteiger partial charge in [0.25, 0.3) is 0 Å². The Morgan fingerprint density at radius 3 is 2.68 bits per heavy atom. The third kappa shape index (κ3) is 5.13. The molecule has 0 saturated carbocycles. The van der Waals surface area contributed by atoms with Crippen molar-refractivity contribution in [2.75, 3.05) is 51.6 Å². The van der Waals surface area contributed by atoms with Gasteiger partial charge in [-0.3, -0.25) is 0 Å². The Balaban J connectivity index is 1.61. The maximum absolute atomic E-state index is 3.56. The molecule has 1 aromatic rings. The Morgan fingerprint density at radius 2 is 1.95 bits per heavy atom. The van der Waals surface area contributed by atoms with Crippen molar-refractivity contribution in [2.45, 2.75) is 12.8 Å². The normalized spacial score (nSPS) is 16.2. The van der Waals surface area contributed by atoms with Crippen molar-refractivity contribution in [3.8, 4) is 0 Å². The average Bonchev–Trinajstić information content (AvgIpc) is 2.92. The SMILES string of the molecule is CN(CCNc1ccccc1Br)CCN1CCCC1. The highest BCUT2D eigenvalue weighted by Gasteiger charge is 2.11. The number of benzene rings is 1. The first-order valence-corrected chi connectivity index (χ1v) is 7.94. The number of hydrogen-bond acceptors (Lipinski definition) is 3. The van der Waals surface area contributed by atoms with Crippen LogP contribution in [-0.4, -0.2) is 56.1 Å². The highest BCUT2D eigenvalue weighted by Crippen LogP contribution is 2.20. The van der Waals surface area contributed by atoms with Crippen molar-refractivity contribution in [3.05, 3.63) is 28.7 Å². The van der Waals surface area contributed by atoms with Gasteiger partial charge >= 0.3 is 0 Å². The van der Waals surface area contributed by atoms with Crippen molar-refractivity contribution in [1.29, 1.82) is 0 Å². The van der Waals surface area contributed by atoms with Gasteiger partial charge in [-0.25, -0.2) is 0 Å². The Labute approximate surface area is 125 Å². The minimum absolute atomic E-state index is 0.985. The van der Waals surface area contributed by atoms with Gasteiger partial charge in [-0.05, 0) is 61.0 Å². The molecule has 1 N–H and O–H groups in total. The number of nitrogens with one attached hydrogen (secondary N) is 1. The van der Waals surface area contributed by atoms with Gasteiger partial charge in [0.2, 0.25) is 0 Å². The minimum atomic E-state index is 0.985.